The summed E-state index contributed by atoms with van der Waals surface area (Å²) in [5.74, 6) is 0. The summed E-state index contributed by atoms with van der Waals surface area (Å²) in [5, 5.41) is 9.18. The normalized spacial score (nSPS) is 13.2. The molecule has 0 aliphatic rings. The number of allylic oxidation sites excluding steroid dienone is 2. The molecule has 0 saturated heterocycles. The van der Waals surface area contributed by atoms with Crippen molar-refractivity contribution in [3.63, 3.8) is 0 Å². The molecule has 0 radical (unpaired) electrons. The quantitative estimate of drug-likeness (QED) is 0.515. The van der Waals surface area contributed by atoms with Gasteiger partial charge >= 0.3 is 7.60 Å². The molecule has 0 aliphatic carbocycles. The Bertz CT molecular complexity index is 325. The van der Waals surface area contributed by atoms with Crippen LogP contribution in [0.15, 0.2) is 10.3 Å². The van der Waals surface area contributed by atoms with Gasteiger partial charge in [-0.15, -0.1) is 0 Å². The van der Waals surface area contributed by atoms with Gasteiger partial charge < -0.3 is 9.05 Å². The Morgan fingerprint density at radius 1 is 1.31 bits per heavy atom. The van der Waals surface area contributed by atoms with E-state index in [0.717, 1.165) is 6.42 Å². The first-order valence-corrected chi connectivity index (χ1v) is 7.16. The lowest BCUT2D eigenvalue weighted by molar-refractivity contribution is 0.227. The van der Waals surface area contributed by atoms with Gasteiger partial charge in [0, 0.05) is 5.03 Å². The second-order valence-corrected chi connectivity index (χ2v) is 5.36. The molecule has 0 atom stereocenters. The van der Waals surface area contributed by atoms with Gasteiger partial charge in [0.1, 0.15) is 6.07 Å². The summed E-state index contributed by atoms with van der Waals surface area (Å²) in [6.45, 7) is 5.71. The lowest BCUT2D eigenvalue weighted by Gasteiger charge is -2.16. The lowest BCUT2D eigenvalue weighted by Crippen LogP contribution is -1.99. The molecular weight excluding hydrogens is 249 g/mol. The molecule has 0 aromatic rings. The molecule has 0 aromatic carbocycles. The molecule has 0 saturated carbocycles. The number of nitrogens with zero attached hydrogens (tertiary/aromatic N) is 1. The van der Waals surface area contributed by atoms with E-state index in [1.165, 1.54) is 0 Å². The van der Waals surface area contributed by atoms with Crippen molar-refractivity contribution in [2.24, 2.45) is 0 Å². The predicted molar refractivity (Wildman–Crippen MR) is 64.3 cm³/mol. The second-order valence-electron chi connectivity index (χ2n) is 2.95. The van der Waals surface area contributed by atoms with Gasteiger partial charge in [-0.05, 0) is 20.3 Å². The van der Waals surface area contributed by atoms with E-state index in [1.54, 1.807) is 13.8 Å². The lowest BCUT2D eigenvalue weighted by atomic mass is 10.3. The minimum Gasteiger partial charge on any atom is -0.305 e. The summed E-state index contributed by atoms with van der Waals surface area (Å²) < 4.78 is 22.4. The van der Waals surface area contributed by atoms with Crippen molar-refractivity contribution in [1.82, 2.24) is 0 Å². The standard InChI is InChI=1S/C10H17ClNO3P/c1-4-7-9(11)10(8-12)16(13,14-5-2)15-6-3/h4-7H2,1-3H3/b10-9+. The maximum atomic E-state index is 12.3. The maximum absolute atomic E-state index is 12.3. The van der Waals surface area contributed by atoms with Gasteiger partial charge in [0.05, 0.1) is 13.2 Å². The zero-order valence-corrected chi connectivity index (χ0v) is 11.5. The van der Waals surface area contributed by atoms with Crippen LogP contribution >= 0.6 is 19.2 Å². The summed E-state index contributed by atoms with van der Waals surface area (Å²) >= 11 is 5.93. The highest BCUT2D eigenvalue weighted by atomic mass is 35.5. The largest absolute Gasteiger partial charge is 0.372 e. The smallest absolute Gasteiger partial charge is 0.305 e. The van der Waals surface area contributed by atoms with Crippen LogP contribution in [0.5, 0.6) is 0 Å². The number of rotatable bonds is 7. The van der Waals surface area contributed by atoms with E-state index in [-0.39, 0.29) is 23.6 Å². The Hall–Kier alpha value is -0.330. The summed E-state index contributed by atoms with van der Waals surface area (Å²) in [5.41, 5.74) is 0. The summed E-state index contributed by atoms with van der Waals surface area (Å²) in [7, 11) is -3.53. The zero-order valence-electron chi connectivity index (χ0n) is 9.83. The van der Waals surface area contributed by atoms with E-state index >= 15 is 0 Å². The Morgan fingerprint density at radius 2 is 1.81 bits per heavy atom. The van der Waals surface area contributed by atoms with Crippen molar-refractivity contribution in [3.05, 3.63) is 10.3 Å². The number of hydrogen-bond acceptors (Lipinski definition) is 4. The Kier molecular flexibility index (Phi) is 7.70. The maximum Gasteiger partial charge on any atom is 0.372 e. The highest BCUT2D eigenvalue weighted by Crippen LogP contribution is 2.57. The average molecular weight is 266 g/mol. The molecule has 0 heterocycles. The zero-order chi connectivity index (χ0) is 12.6. The Balaban J connectivity index is 5.24. The van der Waals surface area contributed by atoms with Crippen molar-refractivity contribution in [1.29, 1.82) is 5.26 Å². The van der Waals surface area contributed by atoms with E-state index < -0.39 is 7.60 Å². The number of hydrogen-bond donors (Lipinski definition) is 0. The molecule has 0 spiro atoms. The summed E-state index contributed by atoms with van der Waals surface area (Å²) in [6, 6.07) is 1.83. The second kappa shape index (κ2) is 7.86. The Labute approximate surface area is 102 Å². The predicted octanol–water partition coefficient (Wildman–Crippen LogP) is 4.03. The molecule has 92 valence electrons. The molecule has 0 N–H and O–H groups in total. The first kappa shape index (κ1) is 15.7. The van der Waals surface area contributed by atoms with E-state index in [9.17, 15) is 4.57 Å². The van der Waals surface area contributed by atoms with E-state index in [1.807, 2.05) is 13.0 Å². The van der Waals surface area contributed by atoms with E-state index in [0.29, 0.717) is 6.42 Å². The highest BCUT2D eigenvalue weighted by Gasteiger charge is 2.32. The number of nitriles is 1. The van der Waals surface area contributed by atoms with Crippen molar-refractivity contribution >= 4 is 19.2 Å². The van der Waals surface area contributed by atoms with Gasteiger partial charge in [-0.25, -0.2) is 0 Å². The van der Waals surface area contributed by atoms with Crippen LogP contribution in [0.2, 0.25) is 0 Å². The number of halogens is 1. The molecule has 0 fully saturated rings. The summed E-state index contributed by atoms with van der Waals surface area (Å²) in [6.07, 6.45) is 1.26. The van der Waals surface area contributed by atoms with Crippen molar-refractivity contribution in [3.8, 4) is 6.07 Å². The van der Waals surface area contributed by atoms with Gasteiger partial charge in [0.15, 0.2) is 5.31 Å². The Morgan fingerprint density at radius 3 is 2.12 bits per heavy atom. The van der Waals surface area contributed by atoms with Crippen molar-refractivity contribution in [2.45, 2.75) is 33.6 Å². The van der Waals surface area contributed by atoms with Crippen LogP contribution in [0.25, 0.3) is 0 Å². The molecule has 0 bridgehead atoms. The van der Waals surface area contributed by atoms with Crippen LogP contribution < -0.4 is 0 Å². The first-order valence-electron chi connectivity index (χ1n) is 5.24. The first-order chi connectivity index (χ1) is 7.55. The molecule has 16 heavy (non-hydrogen) atoms. The van der Waals surface area contributed by atoms with Gasteiger partial charge in [-0.2, -0.15) is 5.26 Å². The minimum atomic E-state index is -3.53. The van der Waals surface area contributed by atoms with Crippen LogP contribution in [0.4, 0.5) is 0 Å². The monoisotopic (exact) mass is 265 g/mol. The molecule has 6 heteroatoms. The highest BCUT2D eigenvalue weighted by molar-refractivity contribution is 7.59. The molecular formula is C10H17ClNO3P. The minimum absolute atomic E-state index is 0.0697. The van der Waals surface area contributed by atoms with Gasteiger partial charge in [-0.3, -0.25) is 4.57 Å². The van der Waals surface area contributed by atoms with Crippen LogP contribution in [0.3, 0.4) is 0 Å². The van der Waals surface area contributed by atoms with E-state index in [4.69, 9.17) is 25.9 Å². The van der Waals surface area contributed by atoms with Crippen molar-refractivity contribution in [2.75, 3.05) is 13.2 Å². The van der Waals surface area contributed by atoms with Crippen LogP contribution in [0.1, 0.15) is 33.6 Å². The third-order valence-electron chi connectivity index (χ3n) is 1.70. The molecule has 0 rings (SSSR count). The topological polar surface area (TPSA) is 59.3 Å². The third-order valence-corrected chi connectivity index (χ3v) is 4.33. The van der Waals surface area contributed by atoms with Crippen LogP contribution in [-0.4, -0.2) is 13.2 Å². The molecule has 4 nitrogen and oxygen atoms in total. The molecule has 0 aromatic heterocycles. The van der Waals surface area contributed by atoms with Gasteiger partial charge in [0.25, 0.3) is 0 Å². The van der Waals surface area contributed by atoms with Crippen molar-refractivity contribution < 1.29 is 13.6 Å². The summed E-state index contributed by atoms with van der Waals surface area (Å²) in [4.78, 5) is 0. The fourth-order valence-electron chi connectivity index (χ4n) is 1.11. The van der Waals surface area contributed by atoms with Gasteiger partial charge in [-0.1, -0.05) is 24.9 Å². The molecule has 0 unspecified atom stereocenters. The third kappa shape index (κ3) is 4.27. The average Bonchev–Trinajstić information content (AvgIpc) is 2.19. The van der Waals surface area contributed by atoms with E-state index in [2.05, 4.69) is 0 Å². The fourth-order valence-corrected chi connectivity index (χ4v) is 3.20. The van der Waals surface area contributed by atoms with Crippen LogP contribution in [0, 0.1) is 11.3 Å². The molecule has 0 amide bonds. The fraction of sp³-hybridized carbons (Fsp3) is 0.700. The molecule has 0 aliphatic heterocycles. The van der Waals surface area contributed by atoms with Crippen LogP contribution in [-0.2, 0) is 13.6 Å². The van der Waals surface area contributed by atoms with Gasteiger partial charge in [0.2, 0.25) is 0 Å². The SMILES string of the molecule is CCC/C(Cl)=C(/C#N)P(=O)(OCC)OCC.